The van der Waals surface area contributed by atoms with Crippen LogP contribution in [0.25, 0.3) is 11.3 Å². The van der Waals surface area contributed by atoms with E-state index in [1.807, 2.05) is 6.92 Å². The second-order valence-corrected chi connectivity index (χ2v) is 10.2. The van der Waals surface area contributed by atoms with Gasteiger partial charge in [-0.3, -0.25) is 4.79 Å². The summed E-state index contributed by atoms with van der Waals surface area (Å²) in [7, 11) is -3.89. The fourth-order valence-electron chi connectivity index (χ4n) is 3.74. The lowest BCUT2D eigenvalue weighted by Gasteiger charge is -2.18. The molecule has 38 heavy (non-hydrogen) atoms. The lowest BCUT2D eigenvalue weighted by Crippen LogP contribution is -2.32. The van der Waals surface area contributed by atoms with Gasteiger partial charge in [-0.1, -0.05) is 66.2 Å². The van der Waals surface area contributed by atoms with Gasteiger partial charge in [0.2, 0.25) is 15.9 Å². The molecule has 0 aliphatic carbocycles. The third kappa shape index (κ3) is 6.61. The average molecular weight is 532 g/mol. The SMILES string of the molecule is Cc1ccc(S(=O)(=O)N[C@H](CC(=O)N/N=C\c2ccc(-c3ccccc3C(=O)O)o2)c2ccccc2)cc1. The van der Waals surface area contributed by atoms with Crippen LogP contribution in [-0.4, -0.2) is 31.6 Å². The van der Waals surface area contributed by atoms with Crippen LogP contribution in [0.15, 0.2) is 105 Å². The summed E-state index contributed by atoms with van der Waals surface area (Å²) in [4.78, 5) is 24.2. The second kappa shape index (κ2) is 11.7. The van der Waals surface area contributed by atoms with Gasteiger partial charge in [-0.25, -0.2) is 23.4 Å². The Labute approximate surface area is 219 Å². The number of aromatic carboxylic acids is 1. The molecule has 1 aromatic heterocycles. The molecule has 0 aliphatic rings. The quantitative estimate of drug-likeness (QED) is 0.203. The molecule has 0 saturated heterocycles. The predicted molar refractivity (Wildman–Crippen MR) is 142 cm³/mol. The summed E-state index contributed by atoms with van der Waals surface area (Å²) >= 11 is 0. The van der Waals surface area contributed by atoms with Crippen molar-refractivity contribution in [2.45, 2.75) is 24.3 Å². The van der Waals surface area contributed by atoms with E-state index in [0.29, 0.717) is 22.6 Å². The molecule has 9 nitrogen and oxygen atoms in total. The normalized spacial score (nSPS) is 12.3. The van der Waals surface area contributed by atoms with Gasteiger partial charge >= 0.3 is 5.97 Å². The summed E-state index contributed by atoms with van der Waals surface area (Å²) in [5.41, 5.74) is 4.44. The first-order valence-corrected chi connectivity index (χ1v) is 13.1. The van der Waals surface area contributed by atoms with Crippen molar-refractivity contribution in [3.05, 3.63) is 113 Å². The van der Waals surface area contributed by atoms with Gasteiger partial charge in [0.05, 0.1) is 22.7 Å². The Bertz CT molecular complexity index is 1560. The van der Waals surface area contributed by atoms with Crippen LogP contribution in [0.3, 0.4) is 0 Å². The van der Waals surface area contributed by atoms with Crippen molar-refractivity contribution in [2.75, 3.05) is 0 Å². The summed E-state index contributed by atoms with van der Waals surface area (Å²) in [5, 5.41) is 13.3. The molecular weight excluding hydrogens is 506 g/mol. The molecule has 1 atom stereocenters. The monoisotopic (exact) mass is 531 g/mol. The number of aryl methyl sites for hydroxylation is 1. The van der Waals surface area contributed by atoms with E-state index in [4.69, 9.17) is 4.42 Å². The van der Waals surface area contributed by atoms with Crippen LogP contribution in [0.5, 0.6) is 0 Å². The molecule has 0 aliphatic heterocycles. The van der Waals surface area contributed by atoms with Gasteiger partial charge < -0.3 is 9.52 Å². The largest absolute Gasteiger partial charge is 0.478 e. The van der Waals surface area contributed by atoms with Gasteiger partial charge in [-0.2, -0.15) is 5.10 Å². The van der Waals surface area contributed by atoms with Gasteiger partial charge in [0.15, 0.2) is 0 Å². The number of carboxylic acid groups (broad SMARTS) is 1. The average Bonchev–Trinajstić information content (AvgIpc) is 3.38. The number of rotatable bonds is 10. The number of hydrogen-bond donors (Lipinski definition) is 3. The topological polar surface area (TPSA) is 138 Å². The van der Waals surface area contributed by atoms with E-state index in [1.165, 1.54) is 24.4 Å². The summed E-state index contributed by atoms with van der Waals surface area (Å²) in [6.45, 7) is 1.86. The number of sulfonamides is 1. The molecule has 0 saturated carbocycles. The van der Waals surface area contributed by atoms with Crippen molar-refractivity contribution in [1.29, 1.82) is 0 Å². The van der Waals surface area contributed by atoms with Crippen molar-refractivity contribution in [2.24, 2.45) is 5.10 Å². The van der Waals surface area contributed by atoms with Crippen LogP contribution in [-0.2, 0) is 14.8 Å². The van der Waals surface area contributed by atoms with Gasteiger partial charge in [0, 0.05) is 12.0 Å². The van der Waals surface area contributed by atoms with E-state index in [-0.39, 0.29) is 16.9 Å². The smallest absolute Gasteiger partial charge is 0.336 e. The number of carbonyl (C=O) groups is 2. The predicted octanol–water partition coefficient (Wildman–Crippen LogP) is 4.51. The Balaban J connectivity index is 1.45. The highest BCUT2D eigenvalue weighted by molar-refractivity contribution is 7.89. The molecule has 194 valence electrons. The van der Waals surface area contributed by atoms with E-state index in [1.54, 1.807) is 72.8 Å². The number of carbonyl (C=O) groups excluding carboxylic acids is 1. The molecule has 4 rings (SSSR count). The summed E-state index contributed by atoms with van der Waals surface area (Å²) < 4.78 is 34.2. The molecule has 4 aromatic rings. The van der Waals surface area contributed by atoms with Crippen molar-refractivity contribution in [3.8, 4) is 11.3 Å². The van der Waals surface area contributed by atoms with Crippen LogP contribution in [0.2, 0.25) is 0 Å². The zero-order valence-electron chi connectivity index (χ0n) is 20.4. The highest BCUT2D eigenvalue weighted by Crippen LogP contribution is 2.25. The zero-order chi connectivity index (χ0) is 27.1. The molecule has 3 N–H and O–H groups in total. The fraction of sp³-hybridized carbons (Fsp3) is 0.107. The second-order valence-electron chi connectivity index (χ2n) is 8.45. The number of amides is 1. The third-order valence-corrected chi connectivity index (χ3v) is 7.14. The fourth-order valence-corrected chi connectivity index (χ4v) is 4.96. The van der Waals surface area contributed by atoms with E-state index >= 15 is 0 Å². The molecule has 1 amide bonds. The van der Waals surface area contributed by atoms with Crippen molar-refractivity contribution < 1.29 is 27.5 Å². The number of benzene rings is 3. The molecule has 0 bridgehead atoms. The maximum Gasteiger partial charge on any atom is 0.336 e. The number of nitrogens with zero attached hydrogens (tertiary/aromatic N) is 1. The van der Waals surface area contributed by atoms with Crippen LogP contribution >= 0.6 is 0 Å². The van der Waals surface area contributed by atoms with Crippen LogP contribution in [0.1, 0.15) is 39.7 Å². The summed E-state index contributed by atoms with van der Waals surface area (Å²) in [6.07, 6.45) is 1.07. The summed E-state index contributed by atoms with van der Waals surface area (Å²) in [5.74, 6) is -0.972. The number of hydrogen-bond acceptors (Lipinski definition) is 6. The Morgan fingerprint density at radius 1 is 0.947 bits per heavy atom. The zero-order valence-corrected chi connectivity index (χ0v) is 21.2. The first-order valence-electron chi connectivity index (χ1n) is 11.6. The van der Waals surface area contributed by atoms with E-state index in [2.05, 4.69) is 15.2 Å². The molecule has 0 spiro atoms. The van der Waals surface area contributed by atoms with Crippen molar-refractivity contribution >= 4 is 28.1 Å². The number of carboxylic acids is 1. The third-order valence-electron chi connectivity index (χ3n) is 5.65. The molecule has 0 unspecified atom stereocenters. The lowest BCUT2D eigenvalue weighted by molar-refractivity contribution is -0.121. The minimum atomic E-state index is -3.89. The highest BCUT2D eigenvalue weighted by atomic mass is 32.2. The Morgan fingerprint density at radius 2 is 1.63 bits per heavy atom. The number of hydrazone groups is 1. The molecule has 1 heterocycles. The maximum atomic E-state index is 13.0. The first-order chi connectivity index (χ1) is 18.2. The standard InChI is InChI=1S/C28H25N3O6S/c1-19-11-14-22(15-12-19)38(35,36)31-25(20-7-3-2-4-8-20)17-27(32)30-29-18-21-13-16-26(37-21)23-9-5-6-10-24(23)28(33)34/h2-16,18,25,31H,17H2,1H3,(H,30,32)(H,33,34)/b29-18-/t25-/m1/s1. The lowest BCUT2D eigenvalue weighted by atomic mass is 10.0. The van der Waals surface area contributed by atoms with E-state index in [0.717, 1.165) is 5.56 Å². The van der Waals surface area contributed by atoms with Gasteiger partial charge in [-0.05, 0) is 42.8 Å². The maximum absolute atomic E-state index is 13.0. The minimum absolute atomic E-state index is 0.0960. The minimum Gasteiger partial charge on any atom is -0.478 e. The van der Waals surface area contributed by atoms with Crippen molar-refractivity contribution in [1.82, 2.24) is 10.1 Å². The Kier molecular flexibility index (Phi) is 8.15. The van der Waals surface area contributed by atoms with Gasteiger partial charge in [0.25, 0.3) is 0 Å². The van der Waals surface area contributed by atoms with E-state index in [9.17, 15) is 23.1 Å². The van der Waals surface area contributed by atoms with Crippen LogP contribution in [0.4, 0.5) is 0 Å². The summed E-state index contributed by atoms with van der Waals surface area (Å²) in [6, 6.07) is 24.0. The van der Waals surface area contributed by atoms with E-state index < -0.39 is 27.9 Å². The highest BCUT2D eigenvalue weighted by Gasteiger charge is 2.23. The number of nitrogens with one attached hydrogen (secondary N) is 2. The molecular formula is C28H25N3O6S. The van der Waals surface area contributed by atoms with Crippen LogP contribution in [0, 0.1) is 6.92 Å². The number of furan rings is 1. The van der Waals surface area contributed by atoms with Crippen LogP contribution < -0.4 is 10.1 Å². The van der Waals surface area contributed by atoms with Gasteiger partial charge in [0.1, 0.15) is 11.5 Å². The van der Waals surface area contributed by atoms with Gasteiger partial charge in [-0.15, -0.1) is 0 Å². The molecule has 0 radical (unpaired) electrons. The Morgan fingerprint density at radius 3 is 2.34 bits per heavy atom. The molecule has 3 aromatic carbocycles. The molecule has 0 fully saturated rings. The first kappa shape index (κ1) is 26.5. The molecule has 10 heteroatoms. The van der Waals surface area contributed by atoms with Crippen molar-refractivity contribution in [3.63, 3.8) is 0 Å². The Hall–Kier alpha value is -4.54.